The summed E-state index contributed by atoms with van der Waals surface area (Å²) in [6, 6.07) is 173. The maximum atomic E-state index is 5.37. The van der Waals surface area contributed by atoms with Gasteiger partial charge in [-0.25, -0.2) is 15.0 Å². The molecule has 0 saturated heterocycles. The summed E-state index contributed by atoms with van der Waals surface area (Å²) in [4.78, 5) is 30.9. The fraction of sp³-hybridized carbons (Fsp3) is 0.0163. The number of anilines is 6. The quantitative estimate of drug-likeness (QED) is 0.128. The zero-order valence-corrected chi connectivity index (χ0v) is 71.6. The first-order chi connectivity index (χ1) is 65.5. The van der Waals surface area contributed by atoms with Gasteiger partial charge in [-0.05, 0) is 203 Å². The maximum Gasteiger partial charge on any atom is 0.238 e. The molecule has 9 nitrogen and oxygen atoms in total. The smallest absolute Gasteiger partial charge is 0.238 e. The van der Waals surface area contributed by atoms with Crippen molar-refractivity contribution in [3.63, 3.8) is 0 Å². The highest BCUT2D eigenvalue weighted by Gasteiger charge is 2.54. The van der Waals surface area contributed by atoms with Gasteiger partial charge in [0.25, 0.3) is 0 Å². The van der Waals surface area contributed by atoms with Gasteiger partial charge in [0.1, 0.15) is 0 Å². The summed E-state index contributed by atoms with van der Waals surface area (Å²) in [5.41, 5.74) is 37.7. The largest absolute Gasteiger partial charge is 0.309 e. The number of hydrogen-bond acceptors (Lipinski definition) is 7. The van der Waals surface area contributed by atoms with Crippen molar-refractivity contribution in [1.82, 2.24) is 34.1 Å². The number of para-hydroxylation sites is 7. The van der Waals surface area contributed by atoms with E-state index in [1.54, 1.807) is 0 Å². The van der Waals surface area contributed by atoms with E-state index < -0.39 is 10.8 Å². The van der Waals surface area contributed by atoms with E-state index in [1.807, 2.05) is 48.5 Å². The van der Waals surface area contributed by atoms with Crippen LogP contribution in [0.2, 0.25) is 0 Å². The highest BCUT2D eigenvalue weighted by molar-refractivity contribution is 6.13. The minimum absolute atomic E-state index is 0.569. The second kappa shape index (κ2) is 30.6. The van der Waals surface area contributed by atoms with Crippen molar-refractivity contribution in [3.05, 3.63) is 524 Å². The monoisotopic (exact) mass is 1680 g/mol. The van der Waals surface area contributed by atoms with Crippen molar-refractivity contribution in [2.75, 3.05) is 9.80 Å². The normalized spacial score (nSPS) is 13.1. The van der Waals surface area contributed by atoms with E-state index >= 15 is 0 Å². The Kier molecular flexibility index (Phi) is 17.6. The molecule has 2 spiro atoms. The summed E-state index contributed by atoms with van der Waals surface area (Å²) in [5, 5.41) is 4.95. The summed E-state index contributed by atoms with van der Waals surface area (Å²) in [6.07, 6.45) is 0. The molecule has 6 heterocycles. The number of fused-ring (bicyclic) bond motifs is 24. The summed E-state index contributed by atoms with van der Waals surface area (Å²) in [5.74, 6) is 2.45. The molecule has 132 heavy (non-hydrogen) atoms. The third-order valence-electron chi connectivity index (χ3n) is 27.5. The van der Waals surface area contributed by atoms with E-state index in [1.165, 1.54) is 144 Å². The summed E-state index contributed by atoms with van der Waals surface area (Å²) in [7, 11) is 0. The predicted octanol–water partition coefficient (Wildman–Crippen LogP) is 30.5. The maximum absolute atomic E-state index is 5.37. The standard InChI is InChI=1S/C64H41N5.C59H38N4/c1-4-19-42(20-5-1)45-25-18-26-48(39-45)68-57-32-15-11-28-50(57)52-41-47(36-38-58(52)68)46-35-37-54-51(40-46)49-27-10-12-29-53(49)64(54)55-30-13-16-33-59(55)69(60-34-17-14-31-56(60)64)63-66-61(43-21-6-2-7-22-43)65-62(67-63)44-23-8-3-9-24-44;1-4-18-39(19-5-1)52-38-53(40-20-6-2-7-21-40)61-58(60-52)63-56-30-16-13-27-50(56)59(51-28-14-17-31-57(51)63)48-26-12-10-24-44(48)46-36-41(32-34-49(46)59)42-33-35-55-47(37-42)45-25-11-15-29-54(45)62(55)43-22-8-3-9-23-43/h1-41H;1-38H. The van der Waals surface area contributed by atoms with Crippen molar-refractivity contribution >= 4 is 78.3 Å². The van der Waals surface area contributed by atoms with Crippen molar-refractivity contribution in [2.45, 2.75) is 10.8 Å². The molecule has 23 aromatic rings. The molecule has 0 amide bonds. The molecule has 0 saturated carbocycles. The minimum atomic E-state index is -0.614. The fourth-order valence-corrected chi connectivity index (χ4v) is 21.9. The third kappa shape index (κ3) is 11.8. The Bertz CT molecular complexity index is 8330. The van der Waals surface area contributed by atoms with E-state index in [-0.39, 0.29) is 0 Å². The van der Waals surface area contributed by atoms with Crippen molar-refractivity contribution in [1.29, 1.82) is 0 Å². The lowest BCUT2D eigenvalue weighted by Gasteiger charge is -2.44. The van der Waals surface area contributed by atoms with Crippen LogP contribution in [0.15, 0.2) is 479 Å². The Balaban J connectivity index is 0.000000139. The molecule has 0 bridgehead atoms. The van der Waals surface area contributed by atoms with Crippen LogP contribution in [0.3, 0.4) is 0 Å². The lowest BCUT2D eigenvalue weighted by Crippen LogP contribution is -2.36. The second-order valence-electron chi connectivity index (χ2n) is 34.5. The molecule has 0 N–H and O–H groups in total. The molecule has 4 aliphatic rings. The van der Waals surface area contributed by atoms with Crippen LogP contribution >= 0.6 is 0 Å². The first-order valence-electron chi connectivity index (χ1n) is 45.1. The number of rotatable bonds is 11. The second-order valence-corrected chi connectivity index (χ2v) is 34.5. The van der Waals surface area contributed by atoms with Crippen LogP contribution in [0.4, 0.5) is 34.6 Å². The Hall–Kier alpha value is -17.5. The molecule has 4 aromatic heterocycles. The Labute approximate surface area is 763 Å². The summed E-state index contributed by atoms with van der Waals surface area (Å²) in [6.45, 7) is 0. The van der Waals surface area contributed by atoms with Crippen LogP contribution in [0.25, 0.3) is 156 Å². The molecule has 0 atom stereocenters. The number of nitrogens with zero attached hydrogens (tertiary/aromatic N) is 9. The molecule has 9 heteroatoms. The van der Waals surface area contributed by atoms with Crippen LogP contribution in [-0.4, -0.2) is 34.1 Å². The fourth-order valence-electron chi connectivity index (χ4n) is 21.9. The van der Waals surface area contributed by atoms with Crippen LogP contribution in [0.5, 0.6) is 0 Å². The van der Waals surface area contributed by atoms with Gasteiger partial charge in [0.2, 0.25) is 11.9 Å². The molecule has 0 radical (unpaired) electrons. The first kappa shape index (κ1) is 75.8. The topological polar surface area (TPSA) is 80.8 Å². The number of aromatic nitrogens is 7. The van der Waals surface area contributed by atoms with Crippen molar-refractivity contribution < 1.29 is 0 Å². The number of hydrogen-bond donors (Lipinski definition) is 0. The summed E-state index contributed by atoms with van der Waals surface area (Å²) < 4.78 is 4.79. The zero-order chi connectivity index (χ0) is 87.0. The first-order valence-corrected chi connectivity index (χ1v) is 45.1. The van der Waals surface area contributed by atoms with Gasteiger partial charge < -0.3 is 9.13 Å². The van der Waals surface area contributed by atoms with Crippen LogP contribution in [0, 0.1) is 0 Å². The van der Waals surface area contributed by atoms with Gasteiger partial charge in [-0.3, -0.25) is 9.80 Å². The summed E-state index contributed by atoms with van der Waals surface area (Å²) >= 11 is 0. The predicted molar refractivity (Wildman–Crippen MR) is 540 cm³/mol. The molecule has 616 valence electrons. The van der Waals surface area contributed by atoms with E-state index in [4.69, 9.17) is 24.9 Å². The van der Waals surface area contributed by atoms with Gasteiger partial charge in [0, 0.05) is 55.2 Å². The average Bonchev–Trinajstić information content (AvgIpc) is 1.51. The van der Waals surface area contributed by atoms with Crippen molar-refractivity contribution in [2.24, 2.45) is 0 Å². The van der Waals surface area contributed by atoms with Crippen molar-refractivity contribution in [3.8, 4) is 112 Å². The average molecular weight is 1680 g/mol. The number of benzene rings is 19. The molecule has 0 fully saturated rings. The Morgan fingerprint density at radius 3 is 0.909 bits per heavy atom. The van der Waals surface area contributed by atoms with E-state index in [9.17, 15) is 0 Å². The molecule has 19 aromatic carbocycles. The third-order valence-corrected chi connectivity index (χ3v) is 27.5. The molecule has 27 rings (SSSR count). The molecule has 0 unspecified atom stereocenters. The van der Waals surface area contributed by atoms with Gasteiger partial charge in [-0.2, -0.15) is 9.97 Å². The molecule has 2 aliphatic carbocycles. The highest BCUT2D eigenvalue weighted by atomic mass is 15.3. The van der Waals surface area contributed by atoms with E-state index in [0.717, 1.165) is 67.8 Å². The van der Waals surface area contributed by atoms with Crippen LogP contribution in [-0.2, 0) is 10.8 Å². The Morgan fingerprint density at radius 2 is 0.470 bits per heavy atom. The lowest BCUT2D eigenvalue weighted by molar-refractivity contribution is 0.749. The molecular formula is C123H79N9. The Morgan fingerprint density at radius 1 is 0.167 bits per heavy atom. The molecular weight excluding hydrogens is 1600 g/mol. The molecule has 2 aliphatic heterocycles. The highest BCUT2D eigenvalue weighted by Crippen LogP contribution is 2.66. The van der Waals surface area contributed by atoms with Gasteiger partial charge in [-0.1, -0.05) is 376 Å². The SMILES string of the molecule is c1ccc(-c2cc(-c3ccccc3)nc(N3c4ccccc4C4(c5ccccc5-c5cc(-c6ccc7c(c6)c6ccccc6n7-c6ccccc6)ccc54)c4ccccc43)n2)cc1.c1ccc(-c2cccc(-n3c4ccccc4c4cc(-c5ccc6c(c5)-c5ccccc5C65c6ccccc6N(c6nc(-c7ccccc7)nc(-c7ccccc7)n6)c6ccccc65)ccc43)c2)cc1. The zero-order valence-electron chi connectivity index (χ0n) is 71.6. The van der Waals surface area contributed by atoms with E-state index in [2.05, 4.69) is 450 Å². The van der Waals surface area contributed by atoms with Gasteiger partial charge >= 0.3 is 0 Å². The van der Waals surface area contributed by atoms with Gasteiger partial charge in [0.15, 0.2) is 11.6 Å². The van der Waals surface area contributed by atoms with Gasteiger partial charge in [0.05, 0.1) is 67.0 Å². The van der Waals surface area contributed by atoms with Crippen LogP contribution in [0.1, 0.15) is 44.5 Å². The lowest BCUT2D eigenvalue weighted by atomic mass is 9.64. The minimum Gasteiger partial charge on any atom is -0.309 e. The van der Waals surface area contributed by atoms with E-state index in [0.29, 0.717) is 23.5 Å². The van der Waals surface area contributed by atoms with Crippen LogP contribution < -0.4 is 9.80 Å². The van der Waals surface area contributed by atoms with Gasteiger partial charge in [-0.15, -0.1) is 0 Å².